The zero-order valence-corrected chi connectivity index (χ0v) is 16.8. The third kappa shape index (κ3) is 4.90. The van der Waals surface area contributed by atoms with Crippen LogP contribution in [0.25, 0.3) is 0 Å². The highest BCUT2D eigenvalue weighted by Gasteiger charge is 2.30. The Labute approximate surface area is 163 Å². The molecule has 1 aromatic heterocycles. The van der Waals surface area contributed by atoms with E-state index in [9.17, 15) is 4.79 Å². The normalized spacial score (nSPS) is 15.7. The SMILES string of the molecule is C[N+](C)(Cc1ccc(NC(=O)c2cncc(Br)c2)cc1)C1CCOCC1. The van der Waals surface area contributed by atoms with E-state index < -0.39 is 0 Å². The molecule has 1 N–H and O–H groups in total. The van der Waals surface area contributed by atoms with Crippen LogP contribution in [-0.4, -0.2) is 48.7 Å². The van der Waals surface area contributed by atoms with Crippen LogP contribution in [0.1, 0.15) is 28.8 Å². The summed E-state index contributed by atoms with van der Waals surface area (Å²) in [7, 11) is 4.57. The molecule has 0 radical (unpaired) electrons. The Balaban J connectivity index is 1.62. The summed E-state index contributed by atoms with van der Waals surface area (Å²) in [4.78, 5) is 16.3. The van der Waals surface area contributed by atoms with Gasteiger partial charge < -0.3 is 14.5 Å². The fourth-order valence-electron chi connectivity index (χ4n) is 3.42. The van der Waals surface area contributed by atoms with Gasteiger partial charge in [-0.2, -0.15) is 0 Å². The number of halogens is 1. The van der Waals surface area contributed by atoms with Gasteiger partial charge in [-0.05, 0) is 34.1 Å². The molecule has 1 aliphatic heterocycles. The first-order valence-electron chi connectivity index (χ1n) is 8.85. The van der Waals surface area contributed by atoms with Crippen molar-refractivity contribution in [3.05, 3.63) is 58.3 Å². The number of nitrogens with zero attached hydrogens (tertiary/aromatic N) is 2. The van der Waals surface area contributed by atoms with Gasteiger partial charge in [-0.1, -0.05) is 12.1 Å². The molecule has 6 heteroatoms. The van der Waals surface area contributed by atoms with Crippen molar-refractivity contribution in [2.75, 3.05) is 32.6 Å². The van der Waals surface area contributed by atoms with E-state index in [0.29, 0.717) is 11.6 Å². The van der Waals surface area contributed by atoms with Crippen LogP contribution in [0.15, 0.2) is 47.2 Å². The monoisotopic (exact) mass is 418 g/mol. The van der Waals surface area contributed by atoms with Crippen molar-refractivity contribution in [2.24, 2.45) is 0 Å². The summed E-state index contributed by atoms with van der Waals surface area (Å²) in [5.74, 6) is -0.162. The van der Waals surface area contributed by atoms with E-state index in [1.165, 1.54) is 5.56 Å². The molecule has 0 saturated carbocycles. The van der Waals surface area contributed by atoms with Gasteiger partial charge in [-0.3, -0.25) is 9.78 Å². The van der Waals surface area contributed by atoms with Crippen LogP contribution >= 0.6 is 15.9 Å². The third-order valence-corrected chi connectivity index (χ3v) is 5.38. The molecule has 0 unspecified atom stereocenters. The Morgan fingerprint density at radius 2 is 1.92 bits per heavy atom. The molecule has 1 aliphatic rings. The van der Waals surface area contributed by atoms with Crippen LogP contribution in [-0.2, 0) is 11.3 Å². The predicted octanol–water partition coefficient (Wildman–Crippen LogP) is 3.85. The number of ether oxygens (including phenoxy) is 1. The third-order valence-electron chi connectivity index (χ3n) is 4.95. The standard InChI is InChI=1S/C20H24BrN3O2/c1-24(2,19-7-9-26-10-8-19)14-15-3-5-18(6-4-15)23-20(25)16-11-17(21)13-22-12-16/h3-6,11-13,19H,7-10,14H2,1-2H3/p+1. The van der Waals surface area contributed by atoms with Gasteiger partial charge in [-0.25, -0.2) is 0 Å². The van der Waals surface area contributed by atoms with E-state index in [1.807, 2.05) is 12.1 Å². The largest absolute Gasteiger partial charge is 0.381 e. The van der Waals surface area contributed by atoms with Crippen molar-refractivity contribution in [3.63, 3.8) is 0 Å². The van der Waals surface area contributed by atoms with Crippen LogP contribution in [0.2, 0.25) is 0 Å². The van der Waals surface area contributed by atoms with Crippen LogP contribution in [0.4, 0.5) is 5.69 Å². The Kier molecular flexibility index (Phi) is 6.06. The van der Waals surface area contributed by atoms with Crippen molar-refractivity contribution in [1.29, 1.82) is 0 Å². The zero-order chi connectivity index (χ0) is 18.6. The number of amides is 1. The van der Waals surface area contributed by atoms with E-state index >= 15 is 0 Å². The average Bonchev–Trinajstić information content (AvgIpc) is 2.64. The zero-order valence-electron chi connectivity index (χ0n) is 15.2. The molecule has 0 aliphatic carbocycles. The van der Waals surface area contributed by atoms with Crippen molar-refractivity contribution in [1.82, 2.24) is 4.98 Å². The molecule has 0 atom stereocenters. The molecule has 3 rings (SSSR count). The number of aromatic nitrogens is 1. The second-order valence-electron chi connectivity index (χ2n) is 7.32. The fourth-order valence-corrected chi connectivity index (χ4v) is 3.78. The summed E-state index contributed by atoms with van der Waals surface area (Å²) in [6.45, 7) is 2.69. The Morgan fingerprint density at radius 1 is 1.23 bits per heavy atom. The average molecular weight is 419 g/mol. The van der Waals surface area contributed by atoms with E-state index in [-0.39, 0.29) is 5.91 Å². The highest BCUT2D eigenvalue weighted by molar-refractivity contribution is 9.10. The maximum atomic E-state index is 12.3. The van der Waals surface area contributed by atoms with Crippen molar-refractivity contribution < 1.29 is 14.0 Å². The Morgan fingerprint density at radius 3 is 2.58 bits per heavy atom. The Hall–Kier alpha value is -1.76. The van der Waals surface area contributed by atoms with E-state index in [2.05, 4.69) is 52.5 Å². The molecule has 1 amide bonds. The Bertz CT molecular complexity index is 756. The van der Waals surface area contributed by atoms with Crippen molar-refractivity contribution in [3.8, 4) is 0 Å². The fraction of sp³-hybridized carbons (Fsp3) is 0.400. The van der Waals surface area contributed by atoms with Gasteiger partial charge in [0.2, 0.25) is 0 Å². The highest BCUT2D eigenvalue weighted by Crippen LogP contribution is 2.23. The number of pyridine rings is 1. The summed E-state index contributed by atoms with van der Waals surface area (Å²) < 4.78 is 7.23. The molecule has 1 fully saturated rings. The van der Waals surface area contributed by atoms with Crippen LogP contribution in [0.5, 0.6) is 0 Å². The van der Waals surface area contributed by atoms with Crippen LogP contribution in [0, 0.1) is 0 Å². The minimum Gasteiger partial charge on any atom is -0.381 e. The number of quaternary nitrogens is 1. The molecule has 5 nitrogen and oxygen atoms in total. The number of hydrogen-bond donors (Lipinski definition) is 1. The number of carbonyl (C=O) groups excluding carboxylic acids is 1. The van der Waals surface area contributed by atoms with Crippen LogP contribution < -0.4 is 5.32 Å². The van der Waals surface area contributed by atoms with E-state index in [0.717, 1.165) is 47.2 Å². The maximum absolute atomic E-state index is 12.3. The first kappa shape index (κ1) is 19.0. The predicted molar refractivity (Wildman–Crippen MR) is 106 cm³/mol. The molecule has 2 heterocycles. The lowest BCUT2D eigenvalue weighted by molar-refractivity contribution is -0.929. The minimum atomic E-state index is -0.162. The second-order valence-corrected chi connectivity index (χ2v) is 8.24. The van der Waals surface area contributed by atoms with Gasteiger partial charge in [0.25, 0.3) is 5.91 Å². The molecular weight excluding hydrogens is 394 g/mol. The molecule has 1 aromatic carbocycles. The van der Waals surface area contributed by atoms with Gasteiger partial charge in [0.15, 0.2) is 0 Å². The number of carbonyl (C=O) groups is 1. The lowest BCUT2D eigenvalue weighted by Crippen LogP contribution is -2.50. The van der Waals surface area contributed by atoms with E-state index in [1.54, 1.807) is 18.5 Å². The van der Waals surface area contributed by atoms with Gasteiger partial charge in [0.1, 0.15) is 6.54 Å². The first-order chi connectivity index (χ1) is 12.4. The lowest BCUT2D eigenvalue weighted by atomic mass is 10.0. The topological polar surface area (TPSA) is 51.2 Å². The van der Waals surface area contributed by atoms with Gasteiger partial charge in [-0.15, -0.1) is 0 Å². The molecule has 0 spiro atoms. The number of hydrogen-bond acceptors (Lipinski definition) is 3. The summed E-state index contributed by atoms with van der Waals surface area (Å²) in [5.41, 5.74) is 2.58. The van der Waals surface area contributed by atoms with Crippen molar-refractivity contribution >= 4 is 27.5 Å². The molecular formula is C20H25BrN3O2+. The quantitative estimate of drug-likeness (QED) is 0.750. The van der Waals surface area contributed by atoms with Gasteiger partial charge >= 0.3 is 0 Å². The maximum Gasteiger partial charge on any atom is 0.257 e. The summed E-state index contributed by atoms with van der Waals surface area (Å²) in [5, 5.41) is 2.92. The minimum absolute atomic E-state index is 0.162. The number of benzene rings is 1. The van der Waals surface area contributed by atoms with Crippen LogP contribution in [0.3, 0.4) is 0 Å². The highest BCUT2D eigenvalue weighted by atomic mass is 79.9. The first-order valence-corrected chi connectivity index (χ1v) is 9.64. The smallest absolute Gasteiger partial charge is 0.257 e. The summed E-state index contributed by atoms with van der Waals surface area (Å²) in [6.07, 6.45) is 5.44. The summed E-state index contributed by atoms with van der Waals surface area (Å²) in [6, 6.07) is 10.5. The number of rotatable bonds is 5. The second kappa shape index (κ2) is 8.29. The lowest BCUT2D eigenvalue weighted by Gasteiger charge is -2.40. The van der Waals surface area contributed by atoms with Crippen molar-refractivity contribution in [2.45, 2.75) is 25.4 Å². The van der Waals surface area contributed by atoms with Gasteiger partial charge in [0, 0.05) is 41.0 Å². The number of anilines is 1. The van der Waals surface area contributed by atoms with E-state index in [4.69, 9.17) is 4.74 Å². The molecule has 0 bridgehead atoms. The summed E-state index contributed by atoms with van der Waals surface area (Å²) >= 11 is 3.33. The molecule has 26 heavy (non-hydrogen) atoms. The molecule has 1 saturated heterocycles. The number of nitrogens with one attached hydrogen (secondary N) is 1. The molecule has 2 aromatic rings. The van der Waals surface area contributed by atoms with Gasteiger partial charge in [0.05, 0.1) is 38.9 Å². The molecule has 138 valence electrons.